The third-order valence-electron chi connectivity index (χ3n) is 4.74. The number of carbonyl (C=O) groups is 1. The summed E-state index contributed by atoms with van der Waals surface area (Å²) in [6.45, 7) is 4.52. The lowest BCUT2D eigenvalue weighted by molar-refractivity contribution is -0.120. The van der Waals surface area contributed by atoms with Crippen LogP contribution < -0.4 is 10.1 Å². The fourth-order valence-corrected chi connectivity index (χ4v) is 3.79. The number of thioether (sulfide) groups is 1. The van der Waals surface area contributed by atoms with E-state index in [1.807, 2.05) is 61.0 Å². The van der Waals surface area contributed by atoms with Crippen molar-refractivity contribution in [3.63, 3.8) is 0 Å². The molecule has 3 aromatic rings. The lowest BCUT2D eigenvalue weighted by Crippen LogP contribution is -2.32. The molecule has 0 bridgehead atoms. The standard InChI is InChI=1S/C22H26N4O2S/c1-15-7-5-6-8-19(15)20-24-25-22(26(20)3)29-16(2)21(27)23-14-13-17-9-11-18(28-4)12-10-17/h5-12,16H,13-14H2,1-4H3,(H,23,27)/t16-/m0/s1. The summed E-state index contributed by atoms with van der Waals surface area (Å²) in [5, 5.41) is 12.1. The molecule has 0 saturated carbocycles. The number of benzene rings is 2. The maximum Gasteiger partial charge on any atom is 0.233 e. The summed E-state index contributed by atoms with van der Waals surface area (Å²) in [5.74, 6) is 1.62. The Balaban J connectivity index is 1.55. The van der Waals surface area contributed by atoms with E-state index in [0.29, 0.717) is 6.54 Å². The van der Waals surface area contributed by atoms with Gasteiger partial charge in [0.1, 0.15) is 5.75 Å². The van der Waals surface area contributed by atoms with Gasteiger partial charge in [-0.1, -0.05) is 48.2 Å². The number of hydrogen-bond donors (Lipinski definition) is 1. The minimum Gasteiger partial charge on any atom is -0.497 e. The van der Waals surface area contributed by atoms with Crippen LogP contribution in [0.4, 0.5) is 0 Å². The fraction of sp³-hybridized carbons (Fsp3) is 0.318. The zero-order valence-corrected chi connectivity index (χ0v) is 18.0. The van der Waals surface area contributed by atoms with E-state index in [-0.39, 0.29) is 11.2 Å². The van der Waals surface area contributed by atoms with Crippen molar-refractivity contribution < 1.29 is 9.53 Å². The van der Waals surface area contributed by atoms with Gasteiger partial charge in [0, 0.05) is 19.2 Å². The third kappa shape index (κ3) is 5.17. The summed E-state index contributed by atoms with van der Waals surface area (Å²) in [5.41, 5.74) is 3.34. The summed E-state index contributed by atoms with van der Waals surface area (Å²) < 4.78 is 7.10. The maximum absolute atomic E-state index is 12.5. The van der Waals surface area contributed by atoms with Gasteiger partial charge in [0.2, 0.25) is 5.91 Å². The van der Waals surface area contributed by atoms with Crippen molar-refractivity contribution in [3.8, 4) is 17.1 Å². The molecule has 1 atom stereocenters. The van der Waals surface area contributed by atoms with Gasteiger partial charge in [-0.2, -0.15) is 0 Å². The Morgan fingerprint density at radius 1 is 1.17 bits per heavy atom. The Hall–Kier alpha value is -2.80. The molecule has 0 spiro atoms. The molecule has 1 heterocycles. The molecule has 2 aromatic carbocycles. The van der Waals surface area contributed by atoms with Crippen LogP contribution in [-0.2, 0) is 18.3 Å². The van der Waals surface area contributed by atoms with E-state index in [4.69, 9.17) is 4.74 Å². The minimum atomic E-state index is -0.265. The second-order valence-corrected chi connectivity index (χ2v) is 8.14. The summed E-state index contributed by atoms with van der Waals surface area (Å²) >= 11 is 1.41. The molecule has 0 aliphatic heterocycles. The first-order valence-electron chi connectivity index (χ1n) is 9.52. The predicted octanol–water partition coefficient (Wildman–Crippen LogP) is 3.64. The highest BCUT2D eigenvalue weighted by Crippen LogP contribution is 2.27. The first kappa shape index (κ1) is 20.9. The summed E-state index contributed by atoms with van der Waals surface area (Å²) in [7, 11) is 3.58. The number of rotatable bonds is 8. The predicted molar refractivity (Wildman–Crippen MR) is 116 cm³/mol. The van der Waals surface area contributed by atoms with Crippen molar-refractivity contribution in [3.05, 3.63) is 59.7 Å². The molecular weight excluding hydrogens is 384 g/mol. The van der Waals surface area contributed by atoms with E-state index in [9.17, 15) is 4.79 Å². The van der Waals surface area contributed by atoms with Crippen molar-refractivity contribution in [1.82, 2.24) is 20.1 Å². The normalized spacial score (nSPS) is 11.9. The Bertz CT molecular complexity index is 969. The number of carbonyl (C=O) groups excluding carboxylic acids is 1. The molecule has 0 aliphatic carbocycles. The Morgan fingerprint density at radius 2 is 1.90 bits per heavy atom. The number of amides is 1. The molecule has 0 radical (unpaired) electrons. The Kier molecular flexibility index (Phi) is 6.93. The lowest BCUT2D eigenvalue weighted by Gasteiger charge is -2.12. The molecule has 152 valence electrons. The highest BCUT2D eigenvalue weighted by atomic mass is 32.2. The van der Waals surface area contributed by atoms with Crippen LogP contribution in [0.15, 0.2) is 53.7 Å². The Morgan fingerprint density at radius 3 is 2.59 bits per heavy atom. The fourth-order valence-electron chi connectivity index (χ4n) is 2.95. The van der Waals surface area contributed by atoms with Crippen LogP contribution in [0.5, 0.6) is 5.75 Å². The molecular formula is C22H26N4O2S. The first-order chi connectivity index (χ1) is 14.0. The van der Waals surface area contributed by atoms with Crippen molar-refractivity contribution >= 4 is 17.7 Å². The summed E-state index contributed by atoms with van der Waals surface area (Å²) in [6.07, 6.45) is 0.772. The molecule has 1 aromatic heterocycles. The smallest absolute Gasteiger partial charge is 0.233 e. The van der Waals surface area contributed by atoms with Crippen molar-refractivity contribution in [1.29, 1.82) is 0 Å². The van der Waals surface area contributed by atoms with Gasteiger partial charge in [0.15, 0.2) is 11.0 Å². The van der Waals surface area contributed by atoms with Gasteiger partial charge in [-0.3, -0.25) is 4.79 Å². The second kappa shape index (κ2) is 9.60. The molecule has 0 fully saturated rings. The topological polar surface area (TPSA) is 69.0 Å². The molecule has 0 saturated heterocycles. The number of hydrogen-bond acceptors (Lipinski definition) is 5. The second-order valence-electron chi connectivity index (χ2n) is 6.83. The first-order valence-corrected chi connectivity index (χ1v) is 10.4. The van der Waals surface area contributed by atoms with Gasteiger partial charge < -0.3 is 14.6 Å². The van der Waals surface area contributed by atoms with Crippen LogP contribution in [0.1, 0.15) is 18.1 Å². The summed E-state index contributed by atoms with van der Waals surface area (Å²) in [4.78, 5) is 12.5. The van der Waals surface area contributed by atoms with Crippen LogP contribution in [0, 0.1) is 6.92 Å². The van der Waals surface area contributed by atoms with E-state index >= 15 is 0 Å². The average Bonchev–Trinajstić information content (AvgIpc) is 3.08. The average molecular weight is 411 g/mol. The van der Waals surface area contributed by atoms with Gasteiger partial charge in [0.25, 0.3) is 0 Å². The van der Waals surface area contributed by atoms with Crippen LogP contribution >= 0.6 is 11.8 Å². The number of aryl methyl sites for hydroxylation is 1. The van der Waals surface area contributed by atoms with Gasteiger partial charge in [0.05, 0.1) is 12.4 Å². The molecule has 29 heavy (non-hydrogen) atoms. The number of nitrogens with zero attached hydrogens (tertiary/aromatic N) is 3. The number of aromatic nitrogens is 3. The molecule has 6 nitrogen and oxygen atoms in total. The lowest BCUT2D eigenvalue weighted by atomic mass is 10.1. The van der Waals surface area contributed by atoms with Gasteiger partial charge in [-0.05, 0) is 43.5 Å². The quantitative estimate of drug-likeness (QED) is 0.574. The van der Waals surface area contributed by atoms with Crippen LogP contribution in [0.2, 0.25) is 0 Å². The van der Waals surface area contributed by atoms with Gasteiger partial charge >= 0.3 is 0 Å². The molecule has 1 N–H and O–H groups in total. The highest BCUT2D eigenvalue weighted by Gasteiger charge is 2.19. The highest BCUT2D eigenvalue weighted by molar-refractivity contribution is 8.00. The third-order valence-corrected chi connectivity index (χ3v) is 5.88. The zero-order chi connectivity index (χ0) is 20.8. The van der Waals surface area contributed by atoms with Crippen LogP contribution in [0.3, 0.4) is 0 Å². The minimum absolute atomic E-state index is 0.0102. The number of nitrogens with one attached hydrogen (secondary N) is 1. The zero-order valence-electron chi connectivity index (χ0n) is 17.2. The molecule has 0 unspecified atom stereocenters. The molecule has 3 rings (SSSR count). The van der Waals surface area contributed by atoms with E-state index in [2.05, 4.69) is 28.5 Å². The van der Waals surface area contributed by atoms with Gasteiger partial charge in [-0.25, -0.2) is 0 Å². The maximum atomic E-state index is 12.5. The van der Waals surface area contributed by atoms with Crippen molar-refractivity contribution in [2.45, 2.75) is 30.7 Å². The Labute approximate surface area is 175 Å². The van der Waals surface area contributed by atoms with Crippen molar-refractivity contribution in [2.75, 3.05) is 13.7 Å². The van der Waals surface area contributed by atoms with E-state index < -0.39 is 0 Å². The van der Waals surface area contributed by atoms with E-state index in [1.54, 1.807) is 7.11 Å². The molecule has 0 aliphatic rings. The van der Waals surface area contributed by atoms with Crippen LogP contribution in [-0.4, -0.2) is 39.6 Å². The van der Waals surface area contributed by atoms with Crippen molar-refractivity contribution in [2.24, 2.45) is 7.05 Å². The van der Waals surface area contributed by atoms with Crippen LogP contribution in [0.25, 0.3) is 11.4 Å². The van der Waals surface area contributed by atoms with Gasteiger partial charge in [-0.15, -0.1) is 10.2 Å². The van der Waals surface area contributed by atoms with E-state index in [0.717, 1.165) is 39.8 Å². The van der Waals surface area contributed by atoms with E-state index in [1.165, 1.54) is 11.8 Å². The SMILES string of the molecule is COc1ccc(CCNC(=O)[C@H](C)Sc2nnc(-c3ccccc3C)n2C)cc1. The number of ether oxygens (including phenoxy) is 1. The molecule has 7 heteroatoms. The molecule has 1 amide bonds. The summed E-state index contributed by atoms with van der Waals surface area (Å²) in [6, 6.07) is 15.9. The monoisotopic (exact) mass is 410 g/mol. The number of methoxy groups -OCH3 is 1. The largest absolute Gasteiger partial charge is 0.497 e.